The molecule has 0 radical (unpaired) electrons. The Hall–Kier alpha value is -1.69. The molecule has 0 atom stereocenters. The van der Waals surface area contributed by atoms with Crippen molar-refractivity contribution < 1.29 is 4.79 Å². The Morgan fingerprint density at radius 3 is 2.68 bits per heavy atom. The Kier molecular flexibility index (Phi) is 3.99. The van der Waals surface area contributed by atoms with Crippen molar-refractivity contribution in [3.8, 4) is 0 Å². The van der Waals surface area contributed by atoms with E-state index in [9.17, 15) is 9.59 Å². The molecular formula is C13H20N4O2. The lowest BCUT2D eigenvalue weighted by atomic mass is 9.96. The first-order valence-corrected chi connectivity index (χ1v) is 6.54. The average molecular weight is 264 g/mol. The van der Waals surface area contributed by atoms with Gasteiger partial charge in [-0.3, -0.25) is 9.59 Å². The maximum Gasteiger partial charge on any atom is 0.271 e. The average Bonchev–Trinajstić information content (AvgIpc) is 2.87. The number of nitrogens with zero attached hydrogens (tertiary/aromatic N) is 2. The Morgan fingerprint density at radius 1 is 1.47 bits per heavy atom. The number of aromatic nitrogens is 2. The molecule has 2 rings (SSSR count). The maximum atomic E-state index is 12.0. The van der Waals surface area contributed by atoms with Gasteiger partial charge in [-0.15, -0.1) is 0 Å². The van der Waals surface area contributed by atoms with Gasteiger partial charge < -0.3 is 15.2 Å². The van der Waals surface area contributed by atoms with Gasteiger partial charge in [0, 0.05) is 18.3 Å². The zero-order chi connectivity index (χ0) is 13.9. The molecule has 2 N–H and O–H groups in total. The van der Waals surface area contributed by atoms with Crippen LogP contribution in [0.1, 0.15) is 36.2 Å². The number of H-pyrrole nitrogens is 1. The lowest BCUT2D eigenvalue weighted by Crippen LogP contribution is -2.50. The molecule has 0 saturated heterocycles. The number of rotatable bonds is 4. The van der Waals surface area contributed by atoms with E-state index in [1.165, 1.54) is 19.0 Å². The van der Waals surface area contributed by atoms with Crippen LogP contribution < -0.4 is 10.9 Å². The molecule has 6 nitrogen and oxygen atoms in total. The Balaban J connectivity index is 1.99. The van der Waals surface area contributed by atoms with Crippen molar-refractivity contribution in [2.75, 3.05) is 20.6 Å². The van der Waals surface area contributed by atoms with E-state index >= 15 is 0 Å². The summed E-state index contributed by atoms with van der Waals surface area (Å²) in [6.45, 7) is 0.611. The molecule has 0 aromatic carbocycles. The number of nitrogens with one attached hydrogen (secondary N) is 2. The molecule has 1 fully saturated rings. The molecule has 0 unspecified atom stereocenters. The highest BCUT2D eigenvalue weighted by Crippen LogP contribution is 2.33. The highest BCUT2D eigenvalue weighted by molar-refractivity contribution is 5.91. The minimum absolute atomic E-state index is 0.0534. The fourth-order valence-electron chi connectivity index (χ4n) is 2.62. The summed E-state index contributed by atoms with van der Waals surface area (Å²) >= 11 is 0. The minimum Gasteiger partial charge on any atom is -0.349 e. The van der Waals surface area contributed by atoms with E-state index in [-0.39, 0.29) is 22.7 Å². The van der Waals surface area contributed by atoms with E-state index in [0.717, 1.165) is 19.0 Å². The van der Waals surface area contributed by atoms with E-state index in [4.69, 9.17) is 0 Å². The van der Waals surface area contributed by atoms with Gasteiger partial charge in [-0.05, 0) is 26.9 Å². The quantitative estimate of drug-likeness (QED) is 0.824. The third-order valence-electron chi connectivity index (χ3n) is 3.97. The van der Waals surface area contributed by atoms with Gasteiger partial charge in [-0.25, -0.2) is 4.98 Å². The summed E-state index contributed by atoms with van der Waals surface area (Å²) < 4.78 is 0. The number of aromatic amines is 1. The largest absolute Gasteiger partial charge is 0.349 e. The van der Waals surface area contributed by atoms with Crippen molar-refractivity contribution in [3.05, 3.63) is 28.4 Å². The summed E-state index contributed by atoms with van der Waals surface area (Å²) in [5, 5.41) is 2.92. The van der Waals surface area contributed by atoms with Gasteiger partial charge in [0.1, 0.15) is 5.69 Å². The second kappa shape index (κ2) is 5.52. The summed E-state index contributed by atoms with van der Waals surface area (Å²) in [4.78, 5) is 31.3. The van der Waals surface area contributed by atoms with E-state index < -0.39 is 0 Å². The SMILES string of the molecule is CN(C)C1(CNC(=O)c2c[nH]c(=O)cn2)CCCC1. The van der Waals surface area contributed by atoms with Crippen LogP contribution in [0.2, 0.25) is 0 Å². The smallest absolute Gasteiger partial charge is 0.271 e. The number of carbonyl (C=O) groups excluding carboxylic acids is 1. The van der Waals surface area contributed by atoms with Crippen LogP contribution in [-0.4, -0.2) is 47.0 Å². The summed E-state index contributed by atoms with van der Waals surface area (Å²) in [5.74, 6) is -0.246. The minimum atomic E-state index is -0.308. The van der Waals surface area contributed by atoms with Gasteiger partial charge in [0.2, 0.25) is 0 Å². The maximum absolute atomic E-state index is 12.0. The lowest BCUT2D eigenvalue weighted by Gasteiger charge is -2.36. The monoisotopic (exact) mass is 264 g/mol. The van der Waals surface area contributed by atoms with Gasteiger partial charge in [0.25, 0.3) is 11.5 Å². The Morgan fingerprint density at radius 2 is 2.16 bits per heavy atom. The van der Waals surface area contributed by atoms with Gasteiger partial charge in [0.05, 0.1) is 6.20 Å². The van der Waals surface area contributed by atoms with Crippen molar-refractivity contribution in [3.63, 3.8) is 0 Å². The van der Waals surface area contributed by atoms with Crippen molar-refractivity contribution in [2.24, 2.45) is 0 Å². The van der Waals surface area contributed by atoms with E-state index in [0.29, 0.717) is 6.54 Å². The van der Waals surface area contributed by atoms with E-state index in [2.05, 4.69) is 34.3 Å². The van der Waals surface area contributed by atoms with Crippen molar-refractivity contribution in [1.29, 1.82) is 0 Å². The Bertz CT molecular complexity index is 483. The first-order chi connectivity index (χ1) is 9.03. The van der Waals surface area contributed by atoms with Gasteiger partial charge >= 0.3 is 0 Å². The van der Waals surface area contributed by atoms with Crippen LogP contribution in [0.5, 0.6) is 0 Å². The summed E-state index contributed by atoms with van der Waals surface area (Å²) in [6.07, 6.45) is 7.05. The second-order valence-corrected chi connectivity index (χ2v) is 5.30. The molecular weight excluding hydrogens is 244 g/mol. The van der Waals surface area contributed by atoms with E-state index in [1.807, 2.05) is 0 Å². The fraction of sp³-hybridized carbons (Fsp3) is 0.615. The zero-order valence-corrected chi connectivity index (χ0v) is 11.4. The Labute approximate surface area is 112 Å². The third-order valence-corrected chi connectivity index (χ3v) is 3.97. The molecule has 1 aliphatic rings. The molecule has 104 valence electrons. The molecule has 19 heavy (non-hydrogen) atoms. The summed E-state index contributed by atoms with van der Waals surface area (Å²) in [7, 11) is 4.10. The molecule has 0 aliphatic heterocycles. The van der Waals surface area contributed by atoms with Crippen LogP contribution in [-0.2, 0) is 0 Å². The molecule has 1 aromatic rings. The van der Waals surface area contributed by atoms with Crippen LogP contribution in [0.4, 0.5) is 0 Å². The van der Waals surface area contributed by atoms with Crippen molar-refractivity contribution >= 4 is 5.91 Å². The summed E-state index contributed by atoms with van der Waals surface area (Å²) in [6, 6.07) is 0. The second-order valence-electron chi connectivity index (χ2n) is 5.30. The molecule has 1 heterocycles. The topological polar surface area (TPSA) is 78.1 Å². The lowest BCUT2D eigenvalue weighted by molar-refractivity contribution is 0.0894. The normalized spacial score (nSPS) is 17.6. The molecule has 6 heteroatoms. The number of hydrogen-bond donors (Lipinski definition) is 2. The predicted octanol–water partition coefficient (Wildman–Crippen LogP) is 0.374. The van der Waals surface area contributed by atoms with Crippen LogP contribution in [0.25, 0.3) is 0 Å². The highest BCUT2D eigenvalue weighted by atomic mass is 16.2. The molecule has 1 amide bonds. The molecule has 0 bridgehead atoms. The zero-order valence-electron chi connectivity index (χ0n) is 11.4. The molecule has 1 aromatic heterocycles. The molecule has 1 aliphatic carbocycles. The van der Waals surface area contributed by atoms with Gasteiger partial charge in [-0.2, -0.15) is 0 Å². The van der Waals surface area contributed by atoms with E-state index in [1.54, 1.807) is 0 Å². The predicted molar refractivity (Wildman–Crippen MR) is 72.1 cm³/mol. The van der Waals surface area contributed by atoms with Crippen molar-refractivity contribution in [2.45, 2.75) is 31.2 Å². The molecule has 1 saturated carbocycles. The van der Waals surface area contributed by atoms with Crippen LogP contribution in [0.3, 0.4) is 0 Å². The summed E-state index contributed by atoms with van der Waals surface area (Å²) in [5.41, 5.74) is -0.0127. The first kappa shape index (κ1) is 13.7. The number of amides is 1. The first-order valence-electron chi connectivity index (χ1n) is 6.54. The highest BCUT2D eigenvalue weighted by Gasteiger charge is 2.36. The van der Waals surface area contributed by atoms with Gasteiger partial charge in [0.15, 0.2) is 0 Å². The van der Waals surface area contributed by atoms with Crippen molar-refractivity contribution in [1.82, 2.24) is 20.2 Å². The number of carbonyl (C=O) groups is 1. The number of hydrogen-bond acceptors (Lipinski definition) is 4. The number of likely N-dealkylation sites (N-methyl/N-ethyl adjacent to an activating group) is 1. The van der Waals surface area contributed by atoms with Crippen LogP contribution in [0, 0.1) is 0 Å². The molecule has 0 spiro atoms. The van der Waals surface area contributed by atoms with Crippen LogP contribution >= 0.6 is 0 Å². The van der Waals surface area contributed by atoms with Gasteiger partial charge in [-0.1, -0.05) is 12.8 Å². The fourth-order valence-corrected chi connectivity index (χ4v) is 2.62. The third kappa shape index (κ3) is 3.01. The standard InChI is InChI=1S/C13H20N4O2/c1-17(2)13(5-3-4-6-13)9-16-12(19)10-7-15-11(18)8-14-10/h7-8H,3-6,9H2,1-2H3,(H,15,18)(H,16,19). The van der Waals surface area contributed by atoms with Crippen LogP contribution in [0.15, 0.2) is 17.2 Å².